The number of pyridine rings is 1. The summed E-state index contributed by atoms with van der Waals surface area (Å²) in [5.41, 5.74) is 3.41. The molecule has 0 fully saturated rings. The molecular formula is C14H12FNO2. The number of aromatic nitrogens is 1. The van der Waals surface area contributed by atoms with Crippen LogP contribution in [0.2, 0.25) is 0 Å². The van der Waals surface area contributed by atoms with Gasteiger partial charge in [-0.05, 0) is 48.6 Å². The van der Waals surface area contributed by atoms with Gasteiger partial charge in [0.2, 0.25) is 0 Å². The van der Waals surface area contributed by atoms with Crippen molar-refractivity contribution in [3.05, 3.63) is 40.8 Å². The lowest BCUT2D eigenvalue weighted by molar-refractivity contribution is -0.136. The second-order valence-corrected chi connectivity index (χ2v) is 4.60. The Balaban J connectivity index is 2.32. The molecule has 4 heteroatoms. The molecule has 0 atom stereocenters. The molecule has 2 aromatic rings. The number of halogens is 1. The van der Waals surface area contributed by atoms with Gasteiger partial charge in [0, 0.05) is 11.1 Å². The summed E-state index contributed by atoms with van der Waals surface area (Å²) in [5, 5.41) is 9.65. The average molecular weight is 245 g/mol. The Morgan fingerprint density at radius 1 is 1.39 bits per heavy atom. The molecule has 0 amide bonds. The van der Waals surface area contributed by atoms with Gasteiger partial charge in [0.1, 0.15) is 5.82 Å². The SMILES string of the molecule is O=C(O)Cc1c2c(nc3ccc(F)cc13)CCC2. The first-order chi connectivity index (χ1) is 8.65. The number of benzene rings is 1. The van der Waals surface area contributed by atoms with Crippen LogP contribution in [0.4, 0.5) is 4.39 Å². The lowest BCUT2D eigenvalue weighted by Crippen LogP contribution is -2.06. The second-order valence-electron chi connectivity index (χ2n) is 4.60. The zero-order valence-corrected chi connectivity index (χ0v) is 9.74. The van der Waals surface area contributed by atoms with Crippen molar-refractivity contribution in [2.45, 2.75) is 25.7 Å². The summed E-state index contributed by atoms with van der Waals surface area (Å²) >= 11 is 0. The Morgan fingerprint density at radius 2 is 2.22 bits per heavy atom. The van der Waals surface area contributed by atoms with E-state index in [-0.39, 0.29) is 12.2 Å². The fourth-order valence-electron chi connectivity index (χ4n) is 2.68. The van der Waals surface area contributed by atoms with Crippen molar-refractivity contribution in [1.82, 2.24) is 4.98 Å². The summed E-state index contributed by atoms with van der Waals surface area (Å²) in [4.78, 5) is 15.5. The number of carboxylic acids is 1. The number of hydrogen-bond donors (Lipinski definition) is 1. The summed E-state index contributed by atoms with van der Waals surface area (Å²) < 4.78 is 13.3. The molecule has 0 bridgehead atoms. The number of hydrogen-bond acceptors (Lipinski definition) is 2. The van der Waals surface area contributed by atoms with Crippen molar-refractivity contribution in [2.75, 3.05) is 0 Å². The summed E-state index contributed by atoms with van der Waals surface area (Å²) in [6, 6.07) is 4.37. The number of aryl methyl sites for hydroxylation is 1. The minimum atomic E-state index is -0.888. The average Bonchev–Trinajstić information content (AvgIpc) is 2.77. The molecule has 92 valence electrons. The van der Waals surface area contributed by atoms with Crippen LogP contribution in [-0.2, 0) is 24.1 Å². The van der Waals surface area contributed by atoms with E-state index in [0.29, 0.717) is 10.9 Å². The molecule has 3 nitrogen and oxygen atoms in total. The third-order valence-corrected chi connectivity index (χ3v) is 3.42. The molecule has 1 aliphatic carbocycles. The molecular weight excluding hydrogens is 233 g/mol. The third-order valence-electron chi connectivity index (χ3n) is 3.42. The summed E-state index contributed by atoms with van der Waals surface area (Å²) in [6.07, 6.45) is 2.66. The molecule has 3 rings (SSSR count). The molecule has 0 aliphatic heterocycles. The van der Waals surface area contributed by atoms with Crippen LogP contribution in [0.15, 0.2) is 18.2 Å². The van der Waals surface area contributed by atoms with Crippen molar-refractivity contribution in [2.24, 2.45) is 0 Å². The maximum atomic E-state index is 13.3. The first kappa shape index (κ1) is 11.1. The highest BCUT2D eigenvalue weighted by molar-refractivity contribution is 5.87. The summed E-state index contributed by atoms with van der Waals surface area (Å²) in [6.45, 7) is 0. The third kappa shape index (κ3) is 1.74. The van der Waals surface area contributed by atoms with Gasteiger partial charge in [-0.15, -0.1) is 0 Å². The van der Waals surface area contributed by atoms with Gasteiger partial charge in [-0.2, -0.15) is 0 Å². The van der Waals surface area contributed by atoms with Gasteiger partial charge in [0.15, 0.2) is 0 Å². The zero-order chi connectivity index (χ0) is 12.7. The maximum absolute atomic E-state index is 13.3. The molecule has 0 radical (unpaired) electrons. The van der Waals surface area contributed by atoms with Crippen LogP contribution in [0.5, 0.6) is 0 Å². The van der Waals surface area contributed by atoms with E-state index in [4.69, 9.17) is 5.11 Å². The van der Waals surface area contributed by atoms with Crippen LogP contribution in [0.1, 0.15) is 23.2 Å². The molecule has 1 aliphatic rings. The van der Waals surface area contributed by atoms with E-state index in [1.165, 1.54) is 12.1 Å². The monoisotopic (exact) mass is 245 g/mol. The van der Waals surface area contributed by atoms with E-state index in [1.54, 1.807) is 6.07 Å². The minimum Gasteiger partial charge on any atom is -0.481 e. The van der Waals surface area contributed by atoms with Gasteiger partial charge >= 0.3 is 5.97 Å². The molecule has 0 saturated heterocycles. The van der Waals surface area contributed by atoms with Crippen LogP contribution >= 0.6 is 0 Å². The Kier molecular flexibility index (Phi) is 2.51. The molecule has 1 aromatic carbocycles. The first-order valence-corrected chi connectivity index (χ1v) is 5.97. The Morgan fingerprint density at radius 3 is 3.00 bits per heavy atom. The number of nitrogens with zero attached hydrogens (tertiary/aromatic N) is 1. The topological polar surface area (TPSA) is 50.2 Å². The fraction of sp³-hybridized carbons (Fsp3) is 0.286. The molecule has 1 aromatic heterocycles. The number of carboxylic acid groups (broad SMARTS) is 1. The largest absolute Gasteiger partial charge is 0.481 e. The molecule has 0 saturated carbocycles. The maximum Gasteiger partial charge on any atom is 0.307 e. The highest BCUT2D eigenvalue weighted by atomic mass is 19.1. The summed E-state index contributed by atoms with van der Waals surface area (Å²) in [5.74, 6) is -1.24. The van der Waals surface area contributed by atoms with Gasteiger partial charge in [0.25, 0.3) is 0 Å². The van der Waals surface area contributed by atoms with Crippen LogP contribution in [0.25, 0.3) is 10.9 Å². The lowest BCUT2D eigenvalue weighted by atomic mass is 9.98. The predicted octanol–water partition coefficient (Wildman–Crippen LogP) is 2.49. The molecule has 1 heterocycles. The van der Waals surface area contributed by atoms with Gasteiger partial charge < -0.3 is 5.11 Å². The van der Waals surface area contributed by atoms with Crippen LogP contribution < -0.4 is 0 Å². The van der Waals surface area contributed by atoms with Gasteiger partial charge in [-0.3, -0.25) is 9.78 Å². The Bertz CT molecular complexity index is 652. The fourth-order valence-corrected chi connectivity index (χ4v) is 2.68. The Labute approximate surface area is 103 Å². The van der Waals surface area contributed by atoms with Crippen LogP contribution in [-0.4, -0.2) is 16.1 Å². The van der Waals surface area contributed by atoms with E-state index in [9.17, 15) is 9.18 Å². The van der Waals surface area contributed by atoms with Crippen molar-refractivity contribution in [3.63, 3.8) is 0 Å². The lowest BCUT2D eigenvalue weighted by Gasteiger charge is -2.10. The Hall–Kier alpha value is -1.97. The van der Waals surface area contributed by atoms with E-state index < -0.39 is 5.97 Å². The minimum absolute atomic E-state index is 0.0647. The van der Waals surface area contributed by atoms with Crippen molar-refractivity contribution in [1.29, 1.82) is 0 Å². The highest BCUT2D eigenvalue weighted by Gasteiger charge is 2.21. The second kappa shape index (κ2) is 4.05. The molecule has 0 unspecified atom stereocenters. The highest BCUT2D eigenvalue weighted by Crippen LogP contribution is 2.30. The van der Waals surface area contributed by atoms with Gasteiger partial charge in [-0.25, -0.2) is 4.39 Å². The molecule has 1 N–H and O–H groups in total. The van der Waals surface area contributed by atoms with E-state index in [2.05, 4.69) is 4.98 Å². The predicted molar refractivity (Wildman–Crippen MR) is 65.1 cm³/mol. The molecule has 0 spiro atoms. The van der Waals surface area contributed by atoms with E-state index >= 15 is 0 Å². The van der Waals surface area contributed by atoms with Crippen molar-refractivity contribution in [3.8, 4) is 0 Å². The molecule has 18 heavy (non-hydrogen) atoms. The number of aliphatic carboxylic acids is 1. The van der Waals surface area contributed by atoms with Gasteiger partial charge in [0.05, 0.1) is 11.9 Å². The van der Waals surface area contributed by atoms with Gasteiger partial charge in [-0.1, -0.05) is 0 Å². The first-order valence-electron chi connectivity index (χ1n) is 5.97. The van der Waals surface area contributed by atoms with Crippen molar-refractivity contribution >= 4 is 16.9 Å². The van der Waals surface area contributed by atoms with E-state index in [0.717, 1.165) is 36.1 Å². The van der Waals surface area contributed by atoms with Crippen LogP contribution in [0.3, 0.4) is 0 Å². The zero-order valence-electron chi connectivity index (χ0n) is 9.74. The summed E-state index contributed by atoms with van der Waals surface area (Å²) in [7, 11) is 0. The van der Waals surface area contributed by atoms with Crippen molar-refractivity contribution < 1.29 is 14.3 Å². The number of fused-ring (bicyclic) bond motifs is 2. The smallest absolute Gasteiger partial charge is 0.307 e. The van der Waals surface area contributed by atoms with Crippen LogP contribution in [0, 0.1) is 5.82 Å². The normalized spacial score (nSPS) is 13.8. The standard InChI is InChI=1S/C14H12FNO2/c15-8-4-5-13-11(6-8)10(7-14(17)18)9-2-1-3-12(9)16-13/h4-6H,1-3,7H2,(H,17,18). The van der Waals surface area contributed by atoms with E-state index in [1.807, 2.05) is 0 Å². The quantitative estimate of drug-likeness (QED) is 0.884. The number of carbonyl (C=O) groups is 1. The number of rotatable bonds is 2.